The number of sulfonamides is 1. The number of aromatic amines is 1. The van der Waals surface area contributed by atoms with Crippen LogP contribution in [0.3, 0.4) is 0 Å². The van der Waals surface area contributed by atoms with Gasteiger partial charge in [0.05, 0.1) is 12.3 Å². The van der Waals surface area contributed by atoms with Gasteiger partial charge in [-0.1, -0.05) is 0 Å². The number of aliphatic hydroxyl groups is 1. The molecule has 0 spiro atoms. The van der Waals surface area contributed by atoms with Gasteiger partial charge in [0.2, 0.25) is 10.0 Å². The molecule has 0 aromatic carbocycles. The molecule has 8 nitrogen and oxygen atoms in total. The number of hydrogen-bond acceptors (Lipinski definition) is 5. The number of H-pyrrole nitrogens is 1. The van der Waals surface area contributed by atoms with Crippen LogP contribution in [0.2, 0.25) is 0 Å². The highest BCUT2D eigenvalue weighted by molar-refractivity contribution is 7.89. The van der Waals surface area contributed by atoms with Crippen molar-refractivity contribution < 1.29 is 23.4 Å². The second-order valence-electron chi connectivity index (χ2n) is 4.43. The first-order valence-corrected chi connectivity index (χ1v) is 7.24. The average Bonchev–Trinajstić information content (AvgIpc) is 2.94. The normalized spacial score (nSPS) is 20.8. The number of aromatic carboxylic acids is 1. The third-order valence-corrected chi connectivity index (χ3v) is 5.31. The smallest absolute Gasteiger partial charge is 0.357 e. The molecule has 0 radical (unpaired) electrons. The maximum Gasteiger partial charge on any atom is 0.357 e. The van der Waals surface area contributed by atoms with Gasteiger partial charge in [-0.05, 0) is 19.8 Å². The molecule has 106 valence electrons. The van der Waals surface area contributed by atoms with Crippen LogP contribution in [-0.4, -0.2) is 58.3 Å². The summed E-state index contributed by atoms with van der Waals surface area (Å²) in [4.78, 5) is 10.7. The minimum absolute atomic E-state index is 0.181. The van der Waals surface area contributed by atoms with E-state index in [1.165, 1.54) is 6.92 Å². The summed E-state index contributed by atoms with van der Waals surface area (Å²) in [6.07, 6.45) is 1.21. The van der Waals surface area contributed by atoms with E-state index in [1.807, 2.05) is 0 Å². The summed E-state index contributed by atoms with van der Waals surface area (Å²) < 4.78 is 26.2. The van der Waals surface area contributed by atoms with Crippen molar-refractivity contribution in [3.63, 3.8) is 0 Å². The monoisotopic (exact) mass is 289 g/mol. The molecule has 1 atom stereocenters. The van der Waals surface area contributed by atoms with Crippen LogP contribution in [0.4, 0.5) is 0 Å². The zero-order chi connectivity index (χ0) is 14.2. The molecule has 0 amide bonds. The molecule has 1 aliphatic rings. The molecule has 1 aromatic heterocycles. The van der Waals surface area contributed by atoms with Gasteiger partial charge in [0, 0.05) is 12.6 Å². The minimum atomic E-state index is -3.96. The lowest BCUT2D eigenvalue weighted by molar-refractivity contribution is 0.0686. The molecule has 9 heteroatoms. The van der Waals surface area contributed by atoms with Crippen molar-refractivity contribution in [3.8, 4) is 0 Å². The van der Waals surface area contributed by atoms with Crippen molar-refractivity contribution in [1.82, 2.24) is 14.5 Å². The quantitative estimate of drug-likeness (QED) is 0.690. The lowest BCUT2D eigenvalue weighted by atomic mass is 10.2. The maximum absolute atomic E-state index is 12.5. The number of nitrogens with one attached hydrogen (secondary N) is 1. The Morgan fingerprint density at radius 3 is 2.84 bits per heavy atom. The van der Waals surface area contributed by atoms with Crippen LogP contribution in [0.5, 0.6) is 0 Å². The lowest BCUT2D eigenvalue weighted by Crippen LogP contribution is -2.38. The van der Waals surface area contributed by atoms with Gasteiger partial charge in [0.1, 0.15) is 4.90 Å². The first kappa shape index (κ1) is 14.0. The Labute approximate surface area is 110 Å². The van der Waals surface area contributed by atoms with E-state index in [4.69, 9.17) is 5.11 Å². The number of aliphatic hydroxyl groups excluding tert-OH is 1. The number of carboxylic acid groups (broad SMARTS) is 1. The van der Waals surface area contributed by atoms with Crippen LogP contribution in [-0.2, 0) is 10.0 Å². The van der Waals surface area contributed by atoms with E-state index in [-0.39, 0.29) is 23.7 Å². The third kappa shape index (κ3) is 2.24. The Hall–Kier alpha value is -1.45. The van der Waals surface area contributed by atoms with Crippen LogP contribution in [0, 0.1) is 6.92 Å². The highest BCUT2D eigenvalue weighted by Gasteiger charge is 2.39. The number of aryl methyl sites for hydroxylation is 1. The van der Waals surface area contributed by atoms with E-state index in [9.17, 15) is 18.3 Å². The van der Waals surface area contributed by atoms with Crippen molar-refractivity contribution in [2.24, 2.45) is 0 Å². The van der Waals surface area contributed by atoms with E-state index in [0.717, 1.165) is 4.31 Å². The Balaban J connectivity index is 2.51. The molecule has 1 aromatic rings. The highest BCUT2D eigenvalue weighted by atomic mass is 32.2. The fourth-order valence-corrected chi connectivity index (χ4v) is 4.28. The number of hydrogen-bond donors (Lipinski definition) is 3. The van der Waals surface area contributed by atoms with E-state index in [1.54, 1.807) is 0 Å². The average molecular weight is 289 g/mol. The number of carboxylic acids is 1. The predicted molar refractivity (Wildman–Crippen MR) is 64.3 cm³/mol. The van der Waals surface area contributed by atoms with Crippen molar-refractivity contribution in [2.75, 3.05) is 13.2 Å². The molecule has 0 bridgehead atoms. The van der Waals surface area contributed by atoms with Crippen molar-refractivity contribution >= 4 is 16.0 Å². The summed E-state index contributed by atoms with van der Waals surface area (Å²) in [6, 6.07) is -0.499. The van der Waals surface area contributed by atoms with Crippen molar-refractivity contribution in [2.45, 2.75) is 30.7 Å². The minimum Gasteiger partial charge on any atom is -0.476 e. The number of aromatic nitrogens is 2. The standard InChI is InChI=1S/C10H15N3O5S/c1-6-9(8(10(15)16)12-11-6)19(17,18)13-4-2-3-7(13)5-14/h7,14H,2-5H2,1H3,(H,11,12)(H,15,16)/t7-/m0/s1. The molecule has 2 rings (SSSR count). The SMILES string of the molecule is Cc1[nH]nc(C(=O)O)c1S(=O)(=O)N1CCC[C@H]1CO. The molecule has 1 fully saturated rings. The number of carbonyl (C=O) groups is 1. The first-order valence-electron chi connectivity index (χ1n) is 5.80. The van der Waals surface area contributed by atoms with Gasteiger partial charge >= 0.3 is 5.97 Å². The third-order valence-electron chi connectivity index (χ3n) is 3.19. The molecular formula is C10H15N3O5S. The molecule has 1 aliphatic heterocycles. The molecule has 2 heterocycles. The predicted octanol–water partition coefficient (Wildman–Crippen LogP) is -0.438. The molecule has 1 saturated heterocycles. The summed E-state index contributed by atoms with van der Waals surface area (Å²) in [5.74, 6) is -1.40. The van der Waals surface area contributed by atoms with Crippen LogP contribution in [0.1, 0.15) is 29.0 Å². The second kappa shape index (κ2) is 4.91. The number of rotatable bonds is 4. The van der Waals surface area contributed by atoms with Crippen LogP contribution in [0.25, 0.3) is 0 Å². The van der Waals surface area contributed by atoms with E-state index >= 15 is 0 Å². The van der Waals surface area contributed by atoms with Crippen molar-refractivity contribution in [1.29, 1.82) is 0 Å². The van der Waals surface area contributed by atoms with Gasteiger partial charge in [-0.25, -0.2) is 13.2 Å². The Morgan fingerprint density at radius 2 is 2.26 bits per heavy atom. The first-order chi connectivity index (χ1) is 8.89. The molecule has 19 heavy (non-hydrogen) atoms. The topological polar surface area (TPSA) is 124 Å². The summed E-state index contributed by atoms with van der Waals surface area (Å²) in [5, 5.41) is 24.1. The molecule has 0 aliphatic carbocycles. The van der Waals surface area contributed by atoms with Gasteiger partial charge in [0.15, 0.2) is 5.69 Å². The Morgan fingerprint density at radius 1 is 1.58 bits per heavy atom. The van der Waals surface area contributed by atoms with Gasteiger partial charge in [0.25, 0.3) is 0 Å². The Kier molecular flexibility index (Phi) is 3.61. The molecule has 0 saturated carbocycles. The number of nitrogens with zero attached hydrogens (tertiary/aromatic N) is 2. The van der Waals surface area contributed by atoms with Crippen LogP contribution in [0.15, 0.2) is 4.90 Å². The fraction of sp³-hybridized carbons (Fsp3) is 0.600. The van der Waals surface area contributed by atoms with E-state index in [2.05, 4.69) is 10.2 Å². The maximum atomic E-state index is 12.5. The van der Waals surface area contributed by atoms with Crippen LogP contribution < -0.4 is 0 Å². The highest BCUT2D eigenvalue weighted by Crippen LogP contribution is 2.28. The van der Waals surface area contributed by atoms with E-state index < -0.39 is 27.7 Å². The summed E-state index contributed by atoms with van der Waals surface area (Å²) in [6.45, 7) is 1.45. The summed E-state index contributed by atoms with van der Waals surface area (Å²) in [7, 11) is -3.96. The van der Waals surface area contributed by atoms with E-state index in [0.29, 0.717) is 12.8 Å². The van der Waals surface area contributed by atoms with Gasteiger partial charge in [-0.15, -0.1) is 0 Å². The Bertz CT molecular complexity index is 594. The molecule has 3 N–H and O–H groups in total. The largest absolute Gasteiger partial charge is 0.476 e. The molecule has 0 unspecified atom stereocenters. The fourth-order valence-electron chi connectivity index (χ4n) is 2.30. The second-order valence-corrected chi connectivity index (χ2v) is 6.25. The van der Waals surface area contributed by atoms with Gasteiger partial charge < -0.3 is 10.2 Å². The summed E-state index contributed by atoms with van der Waals surface area (Å²) in [5.41, 5.74) is -0.331. The zero-order valence-electron chi connectivity index (χ0n) is 10.3. The molecular weight excluding hydrogens is 274 g/mol. The van der Waals surface area contributed by atoms with Gasteiger partial charge in [-0.2, -0.15) is 9.40 Å². The zero-order valence-corrected chi connectivity index (χ0v) is 11.1. The van der Waals surface area contributed by atoms with Gasteiger partial charge in [-0.3, -0.25) is 5.10 Å². The van der Waals surface area contributed by atoms with Crippen LogP contribution >= 0.6 is 0 Å². The van der Waals surface area contributed by atoms with Crippen molar-refractivity contribution in [3.05, 3.63) is 11.4 Å². The summed E-state index contributed by atoms with van der Waals surface area (Å²) >= 11 is 0. The lowest BCUT2D eigenvalue weighted by Gasteiger charge is -2.22.